The van der Waals surface area contributed by atoms with Crippen LogP contribution in [0.5, 0.6) is 5.75 Å². The Kier molecular flexibility index (Phi) is 7.39. The van der Waals surface area contributed by atoms with Gasteiger partial charge in [-0.3, -0.25) is 9.59 Å². The molecular formula is C14H18ClNO4S. The minimum absolute atomic E-state index is 0.176. The molecule has 0 bridgehead atoms. The molecule has 0 saturated carbocycles. The van der Waals surface area contributed by atoms with Crippen LogP contribution >= 0.6 is 23.4 Å². The molecule has 0 aliphatic carbocycles. The second-order valence-corrected chi connectivity index (χ2v) is 6.06. The molecule has 1 rings (SSSR count). The number of hydrogen-bond donors (Lipinski definition) is 1. The van der Waals surface area contributed by atoms with Crippen LogP contribution in [0.25, 0.3) is 0 Å². The van der Waals surface area contributed by atoms with E-state index >= 15 is 0 Å². The molecule has 1 amide bonds. The standard InChI is InChI=1S/C14H18ClNO4S/c1-9(21-7-6-13(17)20-3)14(18)16-11-8-10(15)4-5-12(11)19-2/h4-5,8-9H,6-7H2,1-3H3,(H,16,18)/t9-/m0/s1. The zero-order valence-electron chi connectivity index (χ0n) is 12.1. The van der Waals surface area contributed by atoms with Crippen molar-refractivity contribution in [2.24, 2.45) is 0 Å². The van der Waals surface area contributed by atoms with E-state index in [0.717, 1.165) is 0 Å². The molecule has 21 heavy (non-hydrogen) atoms. The van der Waals surface area contributed by atoms with Crippen LogP contribution in [-0.2, 0) is 14.3 Å². The molecule has 1 aromatic rings. The average Bonchev–Trinajstić information content (AvgIpc) is 2.47. The number of thioether (sulfide) groups is 1. The number of ether oxygens (including phenoxy) is 2. The van der Waals surface area contributed by atoms with Crippen molar-refractivity contribution in [1.82, 2.24) is 0 Å². The Morgan fingerprint density at radius 1 is 1.38 bits per heavy atom. The number of anilines is 1. The highest BCUT2D eigenvalue weighted by Crippen LogP contribution is 2.28. The number of benzene rings is 1. The van der Waals surface area contributed by atoms with Crippen molar-refractivity contribution in [3.63, 3.8) is 0 Å². The molecule has 5 nitrogen and oxygen atoms in total. The zero-order chi connectivity index (χ0) is 15.8. The lowest BCUT2D eigenvalue weighted by Gasteiger charge is -2.14. The molecule has 0 aliphatic heterocycles. The molecule has 0 saturated heterocycles. The smallest absolute Gasteiger partial charge is 0.306 e. The van der Waals surface area contributed by atoms with Gasteiger partial charge in [0, 0.05) is 10.8 Å². The van der Waals surface area contributed by atoms with Gasteiger partial charge in [-0.2, -0.15) is 0 Å². The Bertz CT molecular complexity index is 510. The van der Waals surface area contributed by atoms with Gasteiger partial charge in [-0.15, -0.1) is 11.8 Å². The lowest BCUT2D eigenvalue weighted by molar-refractivity contribution is -0.140. The minimum Gasteiger partial charge on any atom is -0.495 e. The highest BCUT2D eigenvalue weighted by Gasteiger charge is 2.16. The van der Waals surface area contributed by atoms with Gasteiger partial charge in [0.05, 0.1) is 31.6 Å². The van der Waals surface area contributed by atoms with Crippen molar-refractivity contribution in [1.29, 1.82) is 0 Å². The third-order valence-corrected chi connectivity index (χ3v) is 4.08. The van der Waals surface area contributed by atoms with E-state index in [1.54, 1.807) is 25.1 Å². The fourth-order valence-corrected chi connectivity index (χ4v) is 2.53. The Hall–Kier alpha value is -1.40. The largest absolute Gasteiger partial charge is 0.495 e. The van der Waals surface area contributed by atoms with Crippen LogP contribution in [0.4, 0.5) is 5.69 Å². The van der Waals surface area contributed by atoms with Crippen molar-refractivity contribution in [2.75, 3.05) is 25.3 Å². The normalized spacial score (nSPS) is 11.6. The van der Waals surface area contributed by atoms with Crippen molar-refractivity contribution >= 4 is 40.9 Å². The maximum absolute atomic E-state index is 12.1. The quantitative estimate of drug-likeness (QED) is 0.778. The monoisotopic (exact) mass is 331 g/mol. The SMILES string of the molecule is COC(=O)CCS[C@@H](C)C(=O)Nc1cc(Cl)ccc1OC. The van der Waals surface area contributed by atoms with E-state index in [1.807, 2.05) is 0 Å². The van der Waals surface area contributed by atoms with Gasteiger partial charge in [-0.05, 0) is 25.1 Å². The summed E-state index contributed by atoms with van der Waals surface area (Å²) in [7, 11) is 2.86. The molecule has 0 aromatic heterocycles. The first-order valence-corrected chi connectivity index (χ1v) is 7.73. The number of nitrogens with one attached hydrogen (secondary N) is 1. The maximum Gasteiger partial charge on any atom is 0.306 e. The topological polar surface area (TPSA) is 64.6 Å². The summed E-state index contributed by atoms with van der Waals surface area (Å²) in [4.78, 5) is 23.1. The molecule has 0 aliphatic rings. The number of halogens is 1. The van der Waals surface area contributed by atoms with Crippen molar-refractivity contribution in [3.05, 3.63) is 23.2 Å². The van der Waals surface area contributed by atoms with Gasteiger partial charge in [-0.25, -0.2) is 0 Å². The molecule has 1 N–H and O–H groups in total. The Morgan fingerprint density at radius 2 is 2.10 bits per heavy atom. The Labute approximate surface area is 133 Å². The average molecular weight is 332 g/mol. The van der Waals surface area contributed by atoms with Gasteiger partial charge in [-0.1, -0.05) is 11.6 Å². The number of carbonyl (C=O) groups is 2. The molecule has 116 valence electrons. The molecule has 1 atom stereocenters. The highest BCUT2D eigenvalue weighted by molar-refractivity contribution is 8.00. The number of esters is 1. The van der Waals surface area contributed by atoms with Crippen molar-refractivity contribution in [3.8, 4) is 5.75 Å². The van der Waals surface area contributed by atoms with Crippen molar-refractivity contribution < 1.29 is 19.1 Å². The van der Waals surface area contributed by atoms with E-state index < -0.39 is 0 Å². The van der Waals surface area contributed by atoms with E-state index in [4.69, 9.17) is 16.3 Å². The Morgan fingerprint density at radius 3 is 2.71 bits per heavy atom. The molecule has 0 radical (unpaired) electrons. The summed E-state index contributed by atoms with van der Waals surface area (Å²) in [5.74, 6) is 0.602. The predicted octanol–water partition coefficient (Wildman–Crippen LogP) is 2.97. The van der Waals surface area contributed by atoms with Crippen LogP contribution in [0.3, 0.4) is 0 Å². The third kappa shape index (κ3) is 5.85. The summed E-state index contributed by atoms with van der Waals surface area (Å²) in [6.45, 7) is 1.77. The third-order valence-electron chi connectivity index (χ3n) is 2.69. The summed E-state index contributed by atoms with van der Waals surface area (Å²) >= 11 is 7.29. The van der Waals surface area contributed by atoms with E-state index in [-0.39, 0.29) is 23.5 Å². The molecule has 1 aromatic carbocycles. The van der Waals surface area contributed by atoms with E-state index in [9.17, 15) is 9.59 Å². The van der Waals surface area contributed by atoms with Gasteiger partial charge in [0.1, 0.15) is 5.75 Å². The number of rotatable bonds is 7. The van der Waals surface area contributed by atoms with Gasteiger partial charge >= 0.3 is 5.97 Å². The lowest BCUT2D eigenvalue weighted by Crippen LogP contribution is -2.23. The second kappa shape index (κ2) is 8.79. The van der Waals surface area contributed by atoms with Crippen LogP contribution in [0.1, 0.15) is 13.3 Å². The second-order valence-electron chi connectivity index (χ2n) is 4.17. The van der Waals surface area contributed by atoms with Crippen LogP contribution in [0.2, 0.25) is 5.02 Å². The molecular weight excluding hydrogens is 314 g/mol. The van der Waals surface area contributed by atoms with Crippen molar-refractivity contribution in [2.45, 2.75) is 18.6 Å². The summed E-state index contributed by atoms with van der Waals surface area (Å²) in [6.07, 6.45) is 0.277. The van der Waals surface area contributed by atoms with Crippen LogP contribution in [0, 0.1) is 0 Å². The first-order valence-electron chi connectivity index (χ1n) is 6.30. The minimum atomic E-state index is -0.307. The number of carbonyl (C=O) groups excluding carboxylic acids is 2. The molecule has 7 heteroatoms. The van der Waals surface area contributed by atoms with E-state index in [1.165, 1.54) is 26.0 Å². The molecule has 0 spiro atoms. The van der Waals surface area contributed by atoms with Crippen LogP contribution in [-0.4, -0.2) is 37.1 Å². The molecule has 0 unspecified atom stereocenters. The fraction of sp³-hybridized carbons (Fsp3) is 0.429. The summed E-state index contributed by atoms with van der Waals surface area (Å²) < 4.78 is 9.71. The first-order chi connectivity index (χ1) is 9.97. The number of amides is 1. The first kappa shape index (κ1) is 17.7. The number of hydrogen-bond acceptors (Lipinski definition) is 5. The lowest BCUT2D eigenvalue weighted by atomic mass is 10.3. The Balaban J connectivity index is 2.56. The van der Waals surface area contributed by atoms with Crippen LogP contribution < -0.4 is 10.1 Å². The molecule has 0 fully saturated rings. The fourth-order valence-electron chi connectivity index (χ4n) is 1.51. The zero-order valence-corrected chi connectivity index (χ0v) is 13.7. The van der Waals surface area contributed by atoms with Gasteiger partial charge in [0.15, 0.2) is 0 Å². The van der Waals surface area contributed by atoms with Gasteiger partial charge in [0.25, 0.3) is 0 Å². The van der Waals surface area contributed by atoms with Gasteiger partial charge in [0.2, 0.25) is 5.91 Å². The molecule has 0 heterocycles. The summed E-state index contributed by atoms with van der Waals surface area (Å²) in [5.41, 5.74) is 0.524. The van der Waals surface area contributed by atoms with E-state index in [0.29, 0.717) is 22.2 Å². The summed E-state index contributed by atoms with van der Waals surface area (Å²) in [5, 5.41) is 2.97. The van der Waals surface area contributed by atoms with Gasteiger partial charge < -0.3 is 14.8 Å². The predicted molar refractivity (Wildman–Crippen MR) is 85.2 cm³/mol. The van der Waals surface area contributed by atoms with E-state index in [2.05, 4.69) is 10.1 Å². The maximum atomic E-state index is 12.1. The number of methoxy groups -OCH3 is 2. The highest BCUT2D eigenvalue weighted by atomic mass is 35.5. The van der Waals surface area contributed by atoms with Crippen LogP contribution in [0.15, 0.2) is 18.2 Å². The summed E-state index contributed by atoms with van der Waals surface area (Å²) in [6, 6.07) is 5.00.